The summed E-state index contributed by atoms with van der Waals surface area (Å²) in [6.07, 6.45) is -0.194. The summed E-state index contributed by atoms with van der Waals surface area (Å²) in [6, 6.07) is 20.2. The molecule has 0 bridgehead atoms. The number of amides is 2. The Balaban J connectivity index is 1.37. The molecule has 13 heteroatoms. The van der Waals surface area contributed by atoms with Crippen LogP contribution in [0, 0.1) is 0 Å². The standard InChI is InChI=1S/C29H28N4O8S/c1-29(17-31-32-23(36)16-30-20-12-13-21(34)22(35)14-20)27(33-24(37)15-25(33)42(29,39)40)28(38)41-26(18-8-4-2-5-9-18)19-10-6-3-7-11-19/h2-14,17,25-27,30,34-35H,15-16H2,1H3,(H,32,36)/b31-17+. The summed E-state index contributed by atoms with van der Waals surface area (Å²) in [7, 11) is -4.15. The highest BCUT2D eigenvalue weighted by atomic mass is 32.2. The van der Waals surface area contributed by atoms with E-state index >= 15 is 0 Å². The average Bonchev–Trinajstić information content (AvgIpc) is 3.12. The molecule has 3 unspecified atom stereocenters. The van der Waals surface area contributed by atoms with E-state index in [-0.39, 0.29) is 24.5 Å². The van der Waals surface area contributed by atoms with Gasteiger partial charge in [0.1, 0.15) is 10.1 Å². The molecular formula is C29H28N4O8S. The molecule has 2 fully saturated rings. The van der Waals surface area contributed by atoms with Crippen molar-refractivity contribution in [2.45, 2.75) is 35.6 Å². The minimum absolute atomic E-state index is 0.272. The number of ether oxygens (including phenoxy) is 1. The number of hydrogen-bond acceptors (Lipinski definition) is 10. The van der Waals surface area contributed by atoms with Gasteiger partial charge >= 0.3 is 5.97 Å². The van der Waals surface area contributed by atoms with Crippen molar-refractivity contribution in [3.05, 3.63) is 90.0 Å². The number of nitrogens with zero attached hydrogens (tertiary/aromatic N) is 2. The van der Waals surface area contributed by atoms with Crippen LogP contribution < -0.4 is 10.7 Å². The summed E-state index contributed by atoms with van der Waals surface area (Å²) in [5, 5.41) is 24.3. The van der Waals surface area contributed by atoms with Gasteiger partial charge in [0.2, 0.25) is 5.91 Å². The molecule has 2 heterocycles. The monoisotopic (exact) mass is 592 g/mol. The fourth-order valence-corrected chi connectivity index (χ4v) is 7.25. The van der Waals surface area contributed by atoms with Crippen LogP contribution in [0.4, 0.5) is 5.69 Å². The first-order valence-electron chi connectivity index (χ1n) is 13.0. The van der Waals surface area contributed by atoms with Gasteiger partial charge in [0.05, 0.1) is 13.0 Å². The van der Waals surface area contributed by atoms with Gasteiger partial charge in [0.15, 0.2) is 33.5 Å². The molecule has 218 valence electrons. The van der Waals surface area contributed by atoms with Gasteiger partial charge in [-0.3, -0.25) is 9.59 Å². The second-order valence-electron chi connectivity index (χ2n) is 10.1. The van der Waals surface area contributed by atoms with Gasteiger partial charge in [-0.1, -0.05) is 60.7 Å². The number of hydrogen-bond donors (Lipinski definition) is 4. The van der Waals surface area contributed by atoms with Crippen molar-refractivity contribution >= 4 is 39.5 Å². The van der Waals surface area contributed by atoms with Crippen LogP contribution in [0.25, 0.3) is 0 Å². The highest BCUT2D eigenvalue weighted by molar-refractivity contribution is 7.94. The van der Waals surface area contributed by atoms with E-state index in [2.05, 4.69) is 15.8 Å². The lowest BCUT2D eigenvalue weighted by molar-refractivity contribution is -0.163. The topological polar surface area (TPSA) is 175 Å². The van der Waals surface area contributed by atoms with Crippen LogP contribution in [0.5, 0.6) is 11.5 Å². The molecular weight excluding hydrogens is 564 g/mol. The van der Waals surface area contributed by atoms with Crippen LogP contribution in [-0.4, -0.2) is 70.2 Å². The Labute approximate surface area is 241 Å². The second kappa shape index (κ2) is 11.2. The summed E-state index contributed by atoms with van der Waals surface area (Å²) in [4.78, 5) is 39.7. The molecule has 0 aromatic heterocycles. The Kier molecular flexibility index (Phi) is 7.61. The van der Waals surface area contributed by atoms with Crippen molar-refractivity contribution in [2.75, 3.05) is 11.9 Å². The van der Waals surface area contributed by atoms with Gasteiger partial charge in [-0.25, -0.2) is 18.6 Å². The van der Waals surface area contributed by atoms with Crippen LogP contribution in [0.1, 0.15) is 30.6 Å². The number of carbonyl (C=O) groups excluding carboxylic acids is 3. The van der Waals surface area contributed by atoms with E-state index in [1.165, 1.54) is 25.1 Å². The predicted octanol–water partition coefficient (Wildman–Crippen LogP) is 2.06. The number of sulfone groups is 1. The lowest BCUT2D eigenvalue weighted by Gasteiger charge is -2.36. The molecule has 3 atom stereocenters. The van der Waals surface area contributed by atoms with E-state index in [0.29, 0.717) is 16.8 Å². The normalized spacial score (nSPS) is 22.4. The Morgan fingerprint density at radius 2 is 1.67 bits per heavy atom. The maximum atomic E-state index is 13.8. The Morgan fingerprint density at radius 1 is 1.05 bits per heavy atom. The number of esters is 1. The first kappa shape index (κ1) is 28.6. The summed E-state index contributed by atoms with van der Waals surface area (Å²) < 4.78 is 31.0. The molecule has 2 aliphatic heterocycles. The van der Waals surface area contributed by atoms with Gasteiger partial charge in [-0.2, -0.15) is 5.10 Å². The number of fused-ring (bicyclic) bond motifs is 1. The van der Waals surface area contributed by atoms with Crippen LogP contribution in [0.15, 0.2) is 84.0 Å². The summed E-state index contributed by atoms with van der Waals surface area (Å²) in [6.45, 7) is 0.965. The van der Waals surface area contributed by atoms with E-state index in [4.69, 9.17) is 4.74 Å². The van der Waals surface area contributed by atoms with Crippen LogP contribution in [0.2, 0.25) is 0 Å². The van der Waals surface area contributed by atoms with Gasteiger partial charge in [-0.15, -0.1) is 0 Å². The third-order valence-corrected chi connectivity index (χ3v) is 10.0. The SMILES string of the molecule is CC1(/C=N/NC(=O)CNc2ccc(O)c(O)c2)C(C(=O)OC(c2ccccc2)c2ccccc2)N2C(=O)CC2S1(=O)=O. The van der Waals surface area contributed by atoms with Crippen molar-refractivity contribution in [1.82, 2.24) is 10.3 Å². The lowest BCUT2D eigenvalue weighted by Crippen LogP contribution is -2.58. The zero-order chi connectivity index (χ0) is 30.1. The summed E-state index contributed by atoms with van der Waals surface area (Å²) in [5.41, 5.74) is 3.87. The van der Waals surface area contributed by atoms with Crippen molar-refractivity contribution < 1.29 is 37.8 Å². The molecule has 0 aliphatic carbocycles. The third-order valence-electron chi connectivity index (χ3n) is 7.34. The number of phenolic OH excluding ortho intramolecular Hbond substituents is 2. The van der Waals surface area contributed by atoms with E-state index in [1.807, 2.05) is 12.1 Å². The van der Waals surface area contributed by atoms with E-state index in [9.17, 15) is 33.0 Å². The van der Waals surface area contributed by atoms with Crippen molar-refractivity contribution in [1.29, 1.82) is 0 Å². The van der Waals surface area contributed by atoms with Gasteiger partial charge in [0.25, 0.3) is 5.91 Å². The fraction of sp³-hybridized carbons (Fsp3) is 0.241. The van der Waals surface area contributed by atoms with Crippen LogP contribution in [-0.2, 0) is 29.0 Å². The zero-order valence-electron chi connectivity index (χ0n) is 22.4. The number of hydrazone groups is 1. The maximum Gasteiger partial charge on any atom is 0.331 e. The molecule has 4 N–H and O–H groups in total. The molecule has 3 aromatic rings. The quantitative estimate of drug-likeness (QED) is 0.0724. The first-order valence-corrected chi connectivity index (χ1v) is 14.5. The number of β-lactam (4-membered cyclic amide) rings is 1. The number of rotatable bonds is 9. The molecule has 2 aliphatic rings. The van der Waals surface area contributed by atoms with E-state index in [1.54, 1.807) is 48.5 Å². The van der Waals surface area contributed by atoms with Crippen LogP contribution in [0.3, 0.4) is 0 Å². The number of aromatic hydroxyl groups is 2. The molecule has 0 saturated carbocycles. The van der Waals surface area contributed by atoms with Crippen molar-refractivity contribution in [2.24, 2.45) is 5.10 Å². The Hall–Kier alpha value is -4.91. The number of phenols is 2. The highest BCUT2D eigenvalue weighted by Crippen LogP contribution is 2.46. The van der Waals surface area contributed by atoms with E-state index in [0.717, 1.165) is 11.1 Å². The average molecular weight is 593 g/mol. The van der Waals surface area contributed by atoms with E-state index < -0.39 is 49.9 Å². The second-order valence-corrected chi connectivity index (χ2v) is 12.6. The summed E-state index contributed by atoms with van der Waals surface area (Å²) >= 11 is 0. The highest BCUT2D eigenvalue weighted by Gasteiger charge is 2.70. The molecule has 0 spiro atoms. The third kappa shape index (κ3) is 5.14. The Bertz CT molecular complexity index is 1610. The van der Waals surface area contributed by atoms with Crippen molar-refractivity contribution in [3.63, 3.8) is 0 Å². The van der Waals surface area contributed by atoms with Gasteiger partial charge < -0.3 is 25.2 Å². The minimum Gasteiger partial charge on any atom is -0.504 e. The minimum atomic E-state index is -4.15. The smallest absolute Gasteiger partial charge is 0.331 e. The lowest BCUT2D eigenvalue weighted by atomic mass is 9.96. The molecule has 3 aromatic carbocycles. The maximum absolute atomic E-state index is 13.8. The number of anilines is 1. The molecule has 42 heavy (non-hydrogen) atoms. The first-order chi connectivity index (χ1) is 20.0. The van der Waals surface area contributed by atoms with Gasteiger partial charge in [0, 0.05) is 18.0 Å². The molecule has 0 radical (unpaired) electrons. The molecule has 12 nitrogen and oxygen atoms in total. The van der Waals surface area contributed by atoms with Gasteiger partial charge in [-0.05, 0) is 30.2 Å². The number of nitrogens with one attached hydrogen (secondary N) is 2. The van der Waals surface area contributed by atoms with Crippen molar-refractivity contribution in [3.8, 4) is 11.5 Å². The largest absolute Gasteiger partial charge is 0.504 e. The Morgan fingerprint density at radius 3 is 2.24 bits per heavy atom. The summed E-state index contributed by atoms with van der Waals surface area (Å²) in [5.74, 6) is -2.80. The number of benzene rings is 3. The van der Waals surface area contributed by atoms with Crippen LogP contribution >= 0.6 is 0 Å². The molecule has 5 rings (SSSR count). The molecule has 2 saturated heterocycles. The fourth-order valence-electron chi connectivity index (χ4n) is 5.04. The number of carbonyl (C=O) groups is 3. The zero-order valence-corrected chi connectivity index (χ0v) is 23.2. The predicted molar refractivity (Wildman–Crippen MR) is 152 cm³/mol. The molecule has 2 amide bonds.